The second-order valence-electron chi connectivity index (χ2n) is 5.28. The Morgan fingerprint density at radius 3 is 2.75 bits per heavy atom. The lowest BCUT2D eigenvalue weighted by Gasteiger charge is -2.41. The molecule has 1 aromatic carbocycles. The van der Waals surface area contributed by atoms with Gasteiger partial charge < -0.3 is 15.4 Å². The van der Waals surface area contributed by atoms with Crippen molar-refractivity contribution in [3.8, 4) is 0 Å². The number of rotatable bonds is 5. The SMILES string of the molecule is COCC1(NC(=O)Nc2cccc(SC)c2C)CCC1. The molecule has 1 fully saturated rings. The van der Waals surface area contributed by atoms with Crippen molar-refractivity contribution < 1.29 is 9.53 Å². The monoisotopic (exact) mass is 294 g/mol. The third kappa shape index (κ3) is 3.27. The molecule has 0 unspecified atom stereocenters. The molecule has 1 aliphatic rings. The van der Waals surface area contributed by atoms with Crippen LogP contribution >= 0.6 is 11.8 Å². The van der Waals surface area contributed by atoms with Crippen LogP contribution in [0.25, 0.3) is 0 Å². The van der Waals surface area contributed by atoms with Crippen LogP contribution < -0.4 is 10.6 Å². The highest BCUT2D eigenvalue weighted by Crippen LogP contribution is 2.32. The van der Waals surface area contributed by atoms with E-state index in [9.17, 15) is 4.79 Å². The van der Waals surface area contributed by atoms with Crippen LogP contribution in [-0.4, -0.2) is 31.5 Å². The molecule has 1 aromatic rings. The molecular formula is C15H22N2O2S. The van der Waals surface area contributed by atoms with E-state index in [1.807, 2.05) is 25.3 Å². The van der Waals surface area contributed by atoms with Crippen molar-refractivity contribution in [1.29, 1.82) is 0 Å². The van der Waals surface area contributed by atoms with E-state index in [-0.39, 0.29) is 11.6 Å². The summed E-state index contributed by atoms with van der Waals surface area (Å²) < 4.78 is 5.21. The fourth-order valence-electron chi connectivity index (χ4n) is 2.55. The normalized spacial score (nSPS) is 16.4. The van der Waals surface area contributed by atoms with Crippen molar-refractivity contribution >= 4 is 23.5 Å². The van der Waals surface area contributed by atoms with E-state index in [1.54, 1.807) is 18.9 Å². The van der Waals surface area contributed by atoms with Gasteiger partial charge in [-0.15, -0.1) is 11.8 Å². The summed E-state index contributed by atoms with van der Waals surface area (Å²) in [6.07, 6.45) is 5.15. The molecule has 0 radical (unpaired) electrons. The van der Waals surface area contributed by atoms with E-state index in [1.165, 1.54) is 4.90 Å². The topological polar surface area (TPSA) is 50.4 Å². The maximum atomic E-state index is 12.2. The number of carbonyl (C=O) groups is 1. The van der Waals surface area contributed by atoms with Gasteiger partial charge in [0.15, 0.2) is 0 Å². The zero-order valence-electron chi connectivity index (χ0n) is 12.3. The number of methoxy groups -OCH3 is 1. The van der Waals surface area contributed by atoms with Crippen molar-refractivity contribution in [3.05, 3.63) is 23.8 Å². The first kappa shape index (κ1) is 15.2. The van der Waals surface area contributed by atoms with E-state index < -0.39 is 0 Å². The third-order valence-electron chi connectivity index (χ3n) is 3.86. The molecule has 0 aliphatic heterocycles. The van der Waals surface area contributed by atoms with Crippen LogP contribution in [0.1, 0.15) is 24.8 Å². The second-order valence-corrected chi connectivity index (χ2v) is 6.13. The highest BCUT2D eigenvalue weighted by Gasteiger charge is 2.38. The molecule has 4 nitrogen and oxygen atoms in total. The largest absolute Gasteiger partial charge is 0.382 e. The van der Waals surface area contributed by atoms with E-state index in [0.717, 1.165) is 30.5 Å². The molecule has 1 aliphatic carbocycles. The predicted octanol–water partition coefficient (Wildman–Crippen LogP) is 3.41. The Balaban J connectivity index is 2.01. The minimum absolute atomic E-state index is 0.150. The van der Waals surface area contributed by atoms with Gasteiger partial charge in [0, 0.05) is 17.7 Å². The lowest BCUT2D eigenvalue weighted by molar-refractivity contribution is 0.0648. The van der Waals surface area contributed by atoms with Gasteiger partial charge in [0.05, 0.1) is 12.1 Å². The summed E-state index contributed by atoms with van der Waals surface area (Å²) in [4.78, 5) is 13.3. The number of ether oxygens (including phenoxy) is 1. The number of urea groups is 1. The second kappa shape index (κ2) is 6.50. The maximum Gasteiger partial charge on any atom is 0.319 e. The van der Waals surface area contributed by atoms with E-state index in [2.05, 4.69) is 16.7 Å². The van der Waals surface area contributed by atoms with Crippen molar-refractivity contribution in [1.82, 2.24) is 5.32 Å². The van der Waals surface area contributed by atoms with Gasteiger partial charge in [-0.25, -0.2) is 4.79 Å². The number of benzene rings is 1. The van der Waals surface area contributed by atoms with Gasteiger partial charge >= 0.3 is 6.03 Å². The van der Waals surface area contributed by atoms with Crippen LogP contribution in [0.3, 0.4) is 0 Å². The van der Waals surface area contributed by atoms with Gasteiger partial charge in [0.25, 0.3) is 0 Å². The molecule has 2 amide bonds. The van der Waals surface area contributed by atoms with Crippen molar-refractivity contribution in [2.24, 2.45) is 0 Å². The molecule has 0 spiro atoms. The summed E-state index contributed by atoms with van der Waals surface area (Å²) in [6, 6.07) is 5.80. The molecule has 5 heteroatoms. The molecule has 2 N–H and O–H groups in total. The molecule has 0 aromatic heterocycles. The summed E-state index contributed by atoms with van der Waals surface area (Å²) >= 11 is 1.68. The number of amides is 2. The minimum Gasteiger partial charge on any atom is -0.382 e. The smallest absolute Gasteiger partial charge is 0.319 e. The third-order valence-corrected chi connectivity index (χ3v) is 4.74. The summed E-state index contributed by atoms with van der Waals surface area (Å²) in [5, 5.41) is 6.01. The van der Waals surface area contributed by atoms with Crippen molar-refractivity contribution in [2.75, 3.05) is 25.3 Å². The zero-order chi connectivity index (χ0) is 14.6. The molecule has 20 heavy (non-hydrogen) atoms. The summed E-state index contributed by atoms with van der Waals surface area (Å²) in [5.74, 6) is 0. The van der Waals surface area contributed by atoms with Crippen LogP contribution in [0.15, 0.2) is 23.1 Å². The lowest BCUT2D eigenvalue weighted by atomic mass is 9.77. The van der Waals surface area contributed by atoms with Crippen LogP contribution in [0.2, 0.25) is 0 Å². The molecule has 0 atom stereocenters. The number of anilines is 1. The predicted molar refractivity (Wildman–Crippen MR) is 83.6 cm³/mol. The number of hydrogen-bond acceptors (Lipinski definition) is 3. The standard InChI is InChI=1S/C15H22N2O2S/c1-11-12(6-4-7-13(11)20-3)16-14(18)17-15(10-19-2)8-5-9-15/h4,6-7H,5,8-10H2,1-3H3,(H2,16,17,18). The molecule has 0 heterocycles. The maximum absolute atomic E-state index is 12.2. The number of nitrogens with one attached hydrogen (secondary N) is 2. The van der Waals surface area contributed by atoms with Crippen molar-refractivity contribution in [3.63, 3.8) is 0 Å². The van der Waals surface area contributed by atoms with Gasteiger partial charge in [-0.1, -0.05) is 6.07 Å². The lowest BCUT2D eigenvalue weighted by Crippen LogP contribution is -2.57. The molecule has 1 saturated carbocycles. The molecule has 110 valence electrons. The Labute approximate surface area is 124 Å². The number of carbonyl (C=O) groups excluding carboxylic acids is 1. The molecule has 0 saturated heterocycles. The van der Waals surface area contributed by atoms with Crippen LogP contribution in [0, 0.1) is 6.92 Å². The highest BCUT2D eigenvalue weighted by atomic mass is 32.2. The Morgan fingerprint density at radius 2 is 2.20 bits per heavy atom. The Morgan fingerprint density at radius 1 is 1.45 bits per heavy atom. The molecule has 2 rings (SSSR count). The Hall–Kier alpha value is -1.20. The molecule has 0 bridgehead atoms. The van der Waals surface area contributed by atoms with E-state index >= 15 is 0 Å². The van der Waals surface area contributed by atoms with Gasteiger partial charge in [-0.2, -0.15) is 0 Å². The van der Waals surface area contributed by atoms with Crippen LogP contribution in [0.4, 0.5) is 10.5 Å². The van der Waals surface area contributed by atoms with Crippen molar-refractivity contribution in [2.45, 2.75) is 36.6 Å². The summed E-state index contributed by atoms with van der Waals surface area (Å²) in [7, 11) is 1.67. The Bertz CT molecular complexity index is 487. The summed E-state index contributed by atoms with van der Waals surface area (Å²) in [6.45, 7) is 2.60. The number of thioether (sulfide) groups is 1. The quantitative estimate of drug-likeness (QED) is 0.818. The highest BCUT2D eigenvalue weighted by molar-refractivity contribution is 7.98. The fraction of sp³-hybridized carbons (Fsp3) is 0.533. The zero-order valence-corrected chi connectivity index (χ0v) is 13.1. The van der Waals surface area contributed by atoms with E-state index in [4.69, 9.17) is 4.74 Å². The van der Waals surface area contributed by atoms with E-state index in [0.29, 0.717) is 6.61 Å². The first-order chi connectivity index (χ1) is 9.60. The Kier molecular flexibility index (Phi) is 4.94. The summed E-state index contributed by atoms with van der Waals surface area (Å²) in [5.41, 5.74) is 1.79. The van der Waals surface area contributed by atoms with Gasteiger partial charge in [-0.05, 0) is 50.1 Å². The fourth-order valence-corrected chi connectivity index (χ4v) is 3.18. The average molecular weight is 294 g/mol. The van der Waals surface area contributed by atoms with Gasteiger partial charge in [0.2, 0.25) is 0 Å². The first-order valence-corrected chi connectivity index (χ1v) is 8.04. The number of hydrogen-bond donors (Lipinski definition) is 2. The van der Waals surface area contributed by atoms with Gasteiger partial charge in [0.1, 0.15) is 0 Å². The van der Waals surface area contributed by atoms with Crippen LogP contribution in [-0.2, 0) is 4.74 Å². The minimum atomic E-state index is -0.177. The first-order valence-electron chi connectivity index (χ1n) is 6.82. The average Bonchev–Trinajstić information content (AvgIpc) is 2.39. The van der Waals surface area contributed by atoms with Gasteiger partial charge in [-0.3, -0.25) is 0 Å². The molecular weight excluding hydrogens is 272 g/mol. The van der Waals surface area contributed by atoms with Crippen LogP contribution in [0.5, 0.6) is 0 Å².